The number of halogens is 3. The average Bonchev–Trinajstić information content (AvgIpc) is 3.03. The molecule has 2 atom stereocenters. The molecule has 0 saturated heterocycles. The first-order valence-corrected chi connectivity index (χ1v) is 7.50. The van der Waals surface area contributed by atoms with Crippen LogP contribution in [-0.2, 0) is 6.18 Å². The molecule has 1 fully saturated rings. The molecule has 0 aromatic carbocycles. The van der Waals surface area contributed by atoms with Crippen molar-refractivity contribution in [3.05, 3.63) is 17.6 Å². The molecule has 0 amide bonds. The van der Waals surface area contributed by atoms with E-state index in [-0.39, 0.29) is 11.8 Å². The van der Waals surface area contributed by atoms with Crippen LogP contribution in [0.4, 0.5) is 19.0 Å². The van der Waals surface area contributed by atoms with Gasteiger partial charge in [0.2, 0.25) is 0 Å². The molecule has 3 rings (SSSR count). The van der Waals surface area contributed by atoms with Crippen LogP contribution in [0.2, 0.25) is 0 Å². The number of fused-ring (bicyclic) bond motifs is 1. The Hall–Kier alpha value is -1.90. The molecule has 6 nitrogen and oxygen atoms in total. The lowest BCUT2D eigenvalue weighted by Gasteiger charge is -2.27. The number of alkyl halides is 3. The predicted octanol–water partition coefficient (Wildman–Crippen LogP) is 2.35. The van der Waals surface area contributed by atoms with Crippen LogP contribution in [0.25, 0.3) is 5.78 Å². The van der Waals surface area contributed by atoms with E-state index < -0.39 is 12.0 Å². The first kappa shape index (κ1) is 16.0. The maximum Gasteiger partial charge on any atom is 0.453 e. The minimum atomic E-state index is -4.58. The zero-order valence-corrected chi connectivity index (χ0v) is 13.2. The van der Waals surface area contributed by atoms with Gasteiger partial charge in [-0.25, -0.2) is 4.98 Å². The van der Waals surface area contributed by atoms with Crippen LogP contribution in [0.1, 0.15) is 30.8 Å². The van der Waals surface area contributed by atoms with Gasteiger partial charge in [0, 0.05) is 23.8 Å². The summed E-state index contributed by atoms with van der Waals surface area (Å²) >= 11 is 0. The minimum absolute atomic E-state index is 0.0424. The Labute approximate surface area is 131 Å². The van der Waals surface area contributed by atoms with Gasteiger partial charge in [0.25, 0.3) is 11.6 Å². The fourth-order valence-corrected chi connectivity index (χ4v) is 3.13. The lowest BCUT2D eigenvalue weighted by Crippen LogP contribution is -2.39. The van der Waals surface area contributed by atoms with Crippen LogP contribution in [0, 0.1) is 6.92 Å². The van der Waals surface area contributed by atoms with Gasteiger partial charge in [0.05, 0.1) is 0 Å². The van der Waals surface area contributed by atoms with E-state index in [1.807, 2.05) is 14.1 Å². The van der Waals surface area contributed by atoms with Gasteiger partial charge in [-0.15, -0.1) is 5.10 Å². The number of nitrogens with one attached hydrogen (secondary N) is 1. The van der Waals surface area contributed by atoms with Crippen molar-refractivity contribution in [2.45, 2.75) is 44.4 Å². The Morgan fingerprint density at radius 1 is 1.26 bits per heavy atom. The van der Waals surface area contributed by atoms with Gasteiger partial charge < -0.3 is 10.2 Å². The molecule has 0 radical (unpaired) electrons. The smallest absolute Gasteiger partial charge is 0.366 e. The molecule has 1 aliphatic rings. The lowest BCUT2D eigenvalue weighted by molar-refractivity contribution is -0.144. The van der Waals surface area contributed by atoms with Crippen molar-refractivity contribution in [3.63, 3.8) is 0 Å². The van der Waals surface area contributed by atoms with Crippen molar-refractivity contribution in [1.29, 1.82) is 0 Å². The van der Waals surface area contributed by atoms with E-state index >= 15 is 0 Å². The summed E-state index contributed by atoms with van der Waals surface area (Å²) in [6.45, 7) is 1.73. The Morgan fingerprint density at radius 3 is 2.65 bits per heavy atom. The van der Waals surface area contributed by atoms with Crippen LogP contribution in [0.15, 0.2) is 6.07 Å². The van der Waals surface area contributed by atoms with Gasteiger partial charge >= 0.3 is 6.18 Å². The summed E-state index contributed by atoms with van der Waals surface area (Å²) in [4.78, 5) is 9.67. The van der Waals surface area contributed by atoms with Crippen LogP contribution in [-0.4, -0.2) is 50.7 Å². The first-order chi connectivity index (χ1) is 10.8. The van der Waals surface area contributed by atoms with Crippen LogP contribution < -0.4 is 5.32 Å². The molecule has 23 heavy (non-hydrogen) atoms. The standard InChI is InChI=1S/C14H19F3N6/c1-8-7-11(19-9-5-4-6-10(9)22(2)3)23-13(18-8)20-12(21-23)14(15,16)17/h7,9-10,19H,4-6H2,1-3H3/t9-,10-/m1/s1. The minimum Gasteiger partial charge on any atom is -0.366 e. The van der Waals surface area contributed by atoms with E-state index in [9.17, 15) is 13.2 Å². The van der Waals surface area contributed by atoms with Crippen LogP contribution in [0.3, 0.4) is 0 Å². The van der Waals surface area contributed by atoms with Gasteiger partial charge in [-0.05, 0) is 40.3 Å². The number of hydrogen-bond acceptors (Lipinski definition) is 5. The first-order valence-electron chi connectivity index (χ1n) is 7.50. The summed E-state index contributed by atoms with van der Waals surface area (Å²) in [7, 11) is 4.02. The summed E-state index contributed by atoms with van der Waals surface area (Å²) in [5, 5.41) is 6.91. The number of likely N-dealkylation sites (N-methyl/N-ethyl adjacent to an activating group) is 1. The van der Waals surface area contributed by atoms with E-state index in [0.29, 0.717) is 17.6 Å². The quantitative estimate of drug-likeness (QED) is 0.937. The number of rotatable bonds is 3. The predicted molar refractivity (Wildman–Crippen MR) is 79.3 cm³/mol. The van der Waals surface area contributed by atoms with Crippen LogP contribution in [0.5, 0.6) is 0 Å². The van der Waals surface area contributed by atoms with E-state index in [0.717, 1.165) is 23.8 Å². The summed E-state index contributed by atoms with van der Waals surface area (Å²) in [6.07, 6.45) is -1.48. The topological polar surface area (TPSA) is 58.4 Å². The second-order valence-electron chi connectivity index (χ2n) is 6.14. The van der Waals surface area contributed by atoms with Gasteiger partial charge in [0.1, 0.15) is 5.82 Å². The molecule has 0 spiro atoms. The number of hydrogen-bond donors (Lipinski definition) is 1. The molecule has 1 saturated carbocycles. The molecule has 0 aliphatic heterocycles. The molecule has 9 heteroatoms. The highest BCUT2D eigenvalue weighted by Gasteiger charge is 2.37. The van der Waals surface area contributed by atoms with Crippen molar-refractivity contribution in [2.24, 2.45) is 0 Å². The third kappa shape index (κ3) is 3.10. The molecule has 0 bridgehead atoms. The summed E-state index contributed by atoms with van der Waals surface area (Å²) in [5.74, 6) is -0.720. The van der Waals surface area contributed by atoms with Gasteiger partial charge in [-0.3, -0.25) is 0 Å². The van der Waals surface area contributed by atoms with Crippen LogP contribution >= 0.6 is 0 Å². The molecular weight excluding hydrogens is 309 g/mol. The lowest BCUT2D eigenvalue weighted by atomic mass is 10.1. The van der Waals surface area contributed by atoms with E-state index in [1.54, 1.807) is 13.0 Å². The fraction of sp³-hybridized carbons (Fsp3) is 0.643. The second-order valence-corrected chi connectivity index (χ2v) is 6.14. The molecule has 126 valence electrons. The Kier molecular flexibility index (Phi) is 3.91. The zero-order valence-electron chi connectivity index (χ0n) is 13.2. The summed E-state index contributed by atoms with van der Waals surface area (Å²) in [5.41, 5.74) is 0.598. The molecule has 0 unspecified atom stereocenters. The maximum atomic E-state index is 12.8. The van der Waals surface area contributed by atoms with Crippen molar-refractivity contribution in [3.8, 4) is 0 Å². The fourth-order valence-electron chi connectivity index (χ4n) is 3.13. The summed E-state index contributed by atoms with van der Waals surface area (Å²) in [6, 6.07) is 2.20. The van der Waals surface area contributed by atoms with E-state index in [1.165, 1.54) is 0 Å². The largest absolute Gasteiger partial charge is 0.453 e. The molecule has 2 heterocycles. The molecule has 1 aliphatic carbocycles. The molecule has 2 aromatic rings. The SMILES string of the molecule is Cc1cc(N[C@@H]2CCC[C@H]2N(C)C)n2nc(C(F)(F)F)nc2n1. The van der Waals surface area contributed by atoms with Gasteiger partial charge in [-0.1, -0.05) is 0 Å². The second kappa shape index (κ2) is 5.63. The van der Waals surface area contributed by atoms with Gasteiger partial charge in [-0.2, -0.15) is 22.7 Å². The average molecular weight is 328 g/mol. The highest BCUT2D eigenvalue weighted by Crippen LogP contribution is 2.29. The normalized spacial score (nSPS) is 22.2. The van der Waals surface area contributed by atoms with E-state index in [2.05, 4.69) is 25.3 Å². The molecule has 2 aromatic heterocycles. The molecule has 1 N–H and O–H groups in total. The Bertz CT molecular complexity index is 708. The monoisotopic (exact) mass is 328 g/mol. The number of aryl methyl sites for hydroxylation is 1. The van der Waals surface area contributed by atoms with Crippen molar-refractivity contribution in [1.82, 2.24) is 24.5 Å². The number of nitrogens with zero attached hydrogens (tertiary/aromatic N) is 5. The highest BCUT2D eigenvalue weighted by molar-refractivity contribution is 5.46. The highest BCUT2D eigenvalue weighted by atomic mass is 19.4. The third-order valence-electron chi connectivity index (χ3n) is 4.17. The summed E-state index contributed by atoms with van der Waals surface area (Å²) < 4.78 is 39.7. The Balaban J connectivity index is 1.98. The van der Waals surface area contributed by atoms with E-state index in [4.69, 9.17) is 0 Å². The van der Waals surface area contributed by atoms with Crippen molar-refractivity contribution >= 4 is 11.6 Å². The number of anilines is 1. The number of aromatic nitrogens is 4. The Morgan fingerprint density at radius 2 is 2.00 bits per heavy atom. The maximum absolute atomic E-state index is 12.8. The zero-order chi connectivity index (χ0) is 16.8. The third-order valence-corrected chi connectivity index (χ3v) is 4.17. The van der Waals surface area contributed by atoms with Crippen molar-refractivity contribution in [2.75, 3.05) is 19.4 Å². The molecular formula is C14H19F3N6. The van der Waals surface area contributed by atoms with Gasteiger partial charge in [0.15, 0.2) is 0 Å². The van der Waals surface area contributed by atoms with Crippen molar-refractivity contribution < 1.29 is 13.2 Å².